The molecule has 6 heteroatoms. The van der Waals surface area contributed by atoms with Gasteiger partial charge in [-0.05, 0) is 31.4 Å². The Bertz CT molecular complexity index is 1030. The molecule has 31 heavy (non-hydrogen) atoms. The van der Waals surface area contributed by atoms with Gasteiger partial charge < -0.3 is 14.2 Å². The lowest BCUT2D eigenvalue weighted by molar-refractivity contribution is -0.178. The SMILES string of the molecule is [2H][C@@H]1[C@@H](c2ccccc2)[C@]2(OCC)N=C(c3ccccc3)[C@@]1(C(=O)OCC)C2OC(C)=O. The Morgan fingerprint density at radius 1 is 1.06 bits per heavy atom. The number of carbonyl (C=O) groups excluding carboxylic acids is 2. The largest absolute Gasteiger partial charge is 0.465 e. The molecular formula is C25H27NO5. The molecule has 1 aliphatic heterocycles. The Hall–Kier alpha value is -2.99. The van der Waals surface area contributed by atoms with Crippen LogP contribution in [0, 0.1) is 5.41 Å². The molecule has 1 unspecified atom stereocenters. The summed E-state index contributed by atoms with van der Waals surface area (Å²) in [6, 6.07) is 18.6. The van der Waals surface area contributed by atoms with Crippen LogP contribution in [0.5, 0.6) is 0 Å². The molecule has 1 saturated carbocycles. The molecule has 4 rings (SSSR count). The summed E-state index contributed by atoms with van der Waals surface area (Å²) in [4.78, 5) is 30.9. The van der Waals surface area contributed by atoms with E-state index in [-0.39, 0.29) is 13.2 Å². The number of hydrogen-bond donors (Lipinski definition) is 0. The van der Waals surface area contributed by atoms with Crippen molar-refractivity contribution in [2.24, 2.45) is 10.4 Å². The normalized spacial score (nSPS) is 31.6. The van der Waals surface area contributed by atoms with Crippen LogP contribution in [-0.4, -0.2) is 42.7 Å². The van der Waals surface area contributed by atoms with Gasteiger partial charge in [0.15, 0.2) is 11.5 Å². The first kappa shape index (κ1) is 19.9. The van der Waals surface area contributed by atoms with Crippen LogP contribution < -0.4 is 0 Å². The van der Waals surface area contributed by atoms with Gasteiger partial charge in [0.25, 0.3) is 0 Å². The third kappa shape index (κ3) is 3.26. The smallest absolute Gasteiger partial charge is 0.322 e. The van der Waals surface area contributed by atoms with Crippen LogP contribution in [0.4, 0.5) is 0 Å². The summed E-state index contributed by atoms with van der Waals surface area (Å²) in [6.45, 7) is 5.20. The van der Waals surface area contributed by atoms with Gasteiger partial charge in [0.1, 0.15) is 0 Å². The molecule has 1 heterocycles. The van der Waals surface area contributed by atoms with Crippen molar-refractivity contribution in [1.82, 2.24) is 0 Å². The van der Waals surface area contributed by atoms with E-state index < -0.39 is 41.5 Å². The minimum Gasteiger partial charge on any atom is -0.465 e. The quantitative estimate of drug-likeness (QED) is 0.633. The highest BCUT2D eigenvalue weighted by Gasteiger charge is 2.76. The van der Waals surface area contributed by atoms with Crippen molar-refractivity contribution >= 4 is 17.7 Å². The second kappa shape index (κ2) is 8.27. The highest BCUT2D eigenvalue weighted by Crippen LogP contribution is 2.63. The maximum absolute atomic E-state index is 13.7. The van der Waals surface area contributed by atoms with Gasteiger partial charge in [-0.1, -0.05) is 60.7 Å². The number of benzene rings is 2. The molecule has 1 aliphatic carbocycles. The van der Waals surface area contributed by atoms with E-state index >= 15 is 0 Å². The lowest BCUT2D eigenvalue weighted by Crippen LogP contribution is -2.50. The molecule has 5 atom stereocenters. The molecule has 2 aromatic rings. The number of esters is 2. The van der Waals surface area contributed by atoms with Crippen molar-refractivity contribution in [3.05, 3.63) is 71.8 Å². The van der Waals surface area contributed by atoms with E-state index in [0.29, 0.717) is 11.3 Å². The number of aliphatic imine (C=N–C) groups is 1. The first-order chi connectivity index (χ1) is 15.4. The van der Waals surface area contributed by atoms with Crippen molar-refractivity contribution in [3.8, 4) is 0 Å². The van der Waals surface area contributed by atoms with Crippen LogP contribution in [0.3, 0.4) is 0 Å². The number of nitrogens with zero attached hydrogens (tertiary/aromatic N) is 1. The van der Waals surface area contributed by atoms with E-state index in [9.17, 15) is 11.0 Å². The molecule has 0 N–H and O–H groups in total. The molecule has 0 aromatic heterocycles. The summed E-state index contributed by atoms with van der Waals surface area (Å²) in [6.07, 6.45) is -2.18. The van der Waals surface area contributed by atoms with Gasteiger partial charge in [0.05, 0.1) is 12.3 Å². The molecule has 1 fully saturated rings. The van der Waals surface area contributed by atoms with E-state index in [1.165, 1.54) is 6.92 Å². The van der Waals surface area contributed by atoms with Gasteiger partial charge in [-0.25, -0.2) is 4.99 Å². The zero-order valence-corrected chi connectivity index (χ0v) is 17.9. The topological polar surface area (TPSA) is 74.2 Å². The number of ether oxygens (including phenoxy) is 3. The minimum absolute atomic E-state index is 0.125. The molecule has 0 spiro atoms. The van der Waals surface area contributed by atoms with Crippen LogP contribution in [0.15, 0.2) is 65.7 Å². The molecule has 162 valence electrons. The fourth-order valence-electron chi connectivity index (χ4n) is 4.75. The number of rotatable bonds is 7. The van der Waals surface area contributed by atoms with Gasteiger partial charge in [0, 0.05) is 20.8 Å². The van der Waals surface area contributed by atoms with Crippen molar-refractivity contribution in [2.45, 2.75) is 44.9 Å². The maximum Gasteiger partial charge on any atom is 0.322 e. The van der Waals surface area contributed by atoms with Crippen molar-refractivity contribution in [3.63, 3.8) is 0 Å². The Labute approximate surface area is 183 Å². The lowest BCUT2D eigenvalue weighted by atomic mass is 9.75. The monoisotopic (exact) mass is 422 g/mol. The minimum atomic E-state index is -1.63. The summed E-state index contributed by atoms with van der Waals surface area (Å²) in [7, 11) is 0. The zero-order chi connectivity index (χ0) is 22.9. The average molecular weight is 422 g/mol. The van der Waals surface area contributed by atoms with Crippen LogP contribution in [0.25, 0.3) is 0 Å². The Morgan fingerprint density at radius 2 is 1.71 bits per heavy atom. The molecular weight excluding hydrogens is 394 g/mol. The van der Waals surface area contributed by atoms with E-state index in [1.54, 1.807) is 6.92 Å². The number of hydrogen-bond acceptors (Lipinski definition) is 6. The molecule has 0 radical (unpaired) electrons. The number of fused-ring (bicyclic) bond motifs is 2. The summed E-state index contributed by atoms with van der Waals surface area (Å²) in [5, 5.41) is 0. The van der Waals surface area contributed by atoms with E-state index in [0.717, 1.165) is 5.56 Å². The highest BCUT2D eigenvalue weighted by molar-refractivity contribution is 6.18. The van der Waals surface area contributed by atoms with Gasteiger partial charge >= 0.3 is 11.9 Å². The highest BCUT2D eigenvalue weighted by atomic mass is 16.6. The fourth-order valence-corrected chi connectivity index (χ4v) is 4.75. The Balaban J connectivity index is 2.03. The van der Waals surface area contributed by atoms with E-state index in [4.69, 9.17) is 19.2 Å². The Morgan fingerprint density at radius 3 is 2.29 bits per heavy atom. The van der Waals surface area contributed by atoms with Crippen LogP contribution in [0.2, 0.25) is 0 Å². The first-order valence-electron chi connectivity index (χ1n) is 11.1. The standard InChI is InChI=1S/C25H27NO5/c1-4-29-23(28)24-16-20(18-12-8-6-9-13-18)25(30-5-2,22(24)31-17(3)27)26-21(24)19-14-10-7-11-15-19/h6-15,20,22H,4-5,16H2,1-3H3/t20-,22?,24+,25+/m0/s1/i16D/t16-,20+,22?,24-,25-/m1. The fraction of sp³-hybridized carbons (Fsp3) is 0.400. The third-order valence-electron chi connectivity index (χ3n) is 5.82. The van der Waals surface area contributed by atoms with Crippen LogP contribution >= 0.6 is 0 Å². The van der Waals surface area contributed by atoms with Crippen LogP contribution in [0.1, 0.15) is 45.6 Å². The van der Waals surface area contributed by atoms with Gasteiger partial charge in [-0.3, -0.25) is 9.59 Å². The first-order valence-corrected chi connectivity index (χ1v) is 10.5. The predicted molar refractivity (Wildman–Crippen MR) is 116 cm³/mol. The number of carbonyl (C=O) groups is 2. The predicted octanol–water partition coefficient (Wildman–Crippen LogP) is 3.89. The maximum atomic E-state index is 13.7. The van der Waals surface area contributed by atoms with E-state index in [2.05, 4.69) is 0 Å². The van der Waals surface area contributed by atoms with Gasteiger partial charge in [0.2, 0.25) is 5.72 Å². The summed E-state index contributed by atoms with van der Waals surface area (Å²) in [5.74, 6) is -1.84. The molecule has 2 aromatic carbocycles. The zero-order valence-electron chi connectivity index (χ0n) is 18.9. The second-order valence-corrected chi connectivity index (χ2v) is 7.65. The van der Waals surface area contributed by atoms with Crippen LogP contribution in [-0.2, 0) is 23.8 Å². The van der Waals surface area contributed by atoms with Crippen molar-refractivity contribution < 1.29 is 25.2 Å². The van der Waals surface area contributed by atoms with Gasteiger partial charge in [-0.2, -0.15) is 0 Å². The van der Waals surface area contributed by atoms with E-state index in [1.807, 2.05) is 67.6 Å². The molecule has 2 bridgehead atoms. The lowest BCUT2D eigenvalue weighted by Gasteiger charge is -2.34. The Kier molecular flexibility index (Phi) is 5.32. The molecule has 0 saturated heterocycles. The third-order valence-corrected chi connectivity index (χ3v) is 5.82. The van der Waals surface area contributed by atoms with Crippen molar-refractivity contribution in [2.75, 3.05) is 13.2 Å². The molecule has 2 aliphatic rings. The second-order valence-electron chi connectivity index (χ2n) is 7.65. The van der Waals surface area contributed by atoms with Gasteiger partial charge in [-0.15, -0.1) is 0 Å². The molecule has 0 amide bonds. The average Bonchev–Trinajstić information content (AvgIpc) is 3.17. The summed E-state index contributed by atoms with van der Waals surface area (Å²) >= 11 is 0. The van der Waals surface area contributed by atoms with Crippen molar-refractivity contribution in [1.29, 1.82) is 0 Å². The molecule has 6 nitrogen and oxygen atoms in total. The summed E-state index contributed by atoms with van der Waals surface area (Å²) in [5.41, 5.74) is -1.23. The summed E-state index contributed by atoms with van der Waals surface area (Å²) < 4.78 is 26.9.